The van der Waals surface area contributed by atoms with Crippen molar-refractivity contribution < 1.29 is 22.7 Å². The second-order valence-corrected chi connectivity index (χ2v) is 14.4. The molecule has 1 atom stereocenters. The zero-order chi connectivity index (χ0) is 33.5. The van der Waals surface area contributed by atoms with Crippen LogP contribution in [0.1, 0.15) is 37.5 Å². The molecule has 4 aromatic carbocycles. The number of anilines is 1. The molecule has 46 heavy (non-hydrogen) atoms. The van der Waals surface area contributed by atoms with Crippen molar-refractivity contribution in [2.24, 2.45) is 0 Å². The fraction of sp³-hybridized carbons (Fsp3) is 0.278. The molecule has 0 unspecified atom stereocenters. The number of benzene rings is 4. The Bertz CT molecular complexity index is 1760. The highest BCUT2D eigenvalue weighted by Crippen LogP contribution is 2.29. The van der Waals surface area contributed by atoms with E-state index in [4.69, 9.17) is 16.3 Å². The van der Waals surface area contributed by atoms with E-state index in [9.17, 15) is 18.0 Å². The molecule has 2 amide bonds. The van der Waals surface area contributed by atoms with Gasteiger partial charge in [-0.3, -0.25) is 13.9 Å². The van der Waals surface area contributed by atoms with E-state index < -0.39 is 34.1 Å². The zero-order valence-electron chi connectivity index (χ0n) is 26.7. The van der Waals surface area contributed by atoms with Crippen LogP contribution in [0.2, 0.25) is 5.02 Å². The number of methoxy groups -OCH3 is 1. The number of nitrogens with zero attached hydrogens (tertiary/aromatic N) is 2. The Balaban J connectivity index is 1.84. The lowest BCUT2D eigenvalue weighted by molar-refractivity contribution is -0.140. The molecule has 0 aliphatic heterocycles. The van der Waals surface area contributed by atoms with Crippen molar-refractivity contribution in [2.45, 2.75) is 57.1 Å². The van der Waals surface area contributed by atoms with Crippen molar-refractivity contribution in [3.05, 3.63) is 125 Å². The average molecular weight is 662 g/mol. The Hall–Kier alpha value is -4.34. The summed E-state index contributed by atoms with van der Waals surface area (Å²) in [4.78, 5) is 30.0. The van der Waals surface area contributed by atoms with Gasteiger partial charge in [0.15, 0.2) is 0 Å². The first-order valence-electron chi connectivity index (χ1n) is 14.9. The largest absolute Gasteiger partial charge is 0.497 e. The van der Waals surface area contributed by atoms with Gasteiger partial charge in [0.1, 0.15) is 18.3 Å². The molecule has 1 N–H and O–H groups in total. The van der Waals surface area contributed by atoms with Crippen LogP contribution in [0.25, 0.3) is 0 Å². The predicted molar refractivity (Wildman–Crippen MR) is 183 cm³/mol. The van der Waals surface area contributed by atoms with Gasteiger partial charge < -0.3 is 15.0 Å². The molecule has 0 fully saturated rings. The Morgan fingerprint density at radius 3 is 2.17 bits per heavy atom. The van der Waals surface area contributed by atoms with Gasteiger partial charge in [0, 0.05) is 29.6 Å². The van der Waals surface area contributed by atoms with Crippen molar-refractivity contribution in [1.82, 2.24) is 10.2 Å². The Morgan fingerprint density at radius 1 is 0.891 bits per heavy atom. The second-order valence-electron chi connectivity index (χ2n) is 12.1. The van der Waals surface area contributed by atoms with Gasteiger partial charge in [-0.2, -0.15) is 0 Å². The van der Waals surface area contributed by atoms with Crippen LogP contribution in [0, 0.1) is 6.92 Å². The van der Waals surface area contributed by atoms with E-state index in [1.165, 1.54) is 24.1 Å². The van der Waals surface area contributed by atoms with Crippen LogP contribution in [-0.2, 0) is 32.6 Å². The lowest BCUT2D eigenvalue weighted by Crippen LogP contribution is -2.56. The van der Waals surface area contributed by atoms with Gasteiger partial charge >= 0.3 is 0 Å². The first-order valence-corrected chi connectivity index (χ1v) is 16.7. The summed E-state index contributed by atoms with van der Waals surface area (Å²) in [6.45, 7) is 6.85. The summed E-state index contributed by atoms with van der Waals surface area (Å²) in [7, 11) is -2.75. The molecule has 0 saturated carbocycles. The molecule has 0 bridgehead atoms. The maximum atomic E-state index is 14.6. The van der Waals surface area contributed by atoms with Gasteiger partial charge in [-0.15, -0.1) is 0 Å². The maximum Gasteiger partial charge on any atom is 0.264 e. The Labute approximate surface area is 277 Å². The third kappa shape index (κ3) is 8.89. The SMILES string of the molecule is COc1cccc(N(CC(=O)N(Cc2ccccc2Cl)[C@@H](Cc2ccccc2)C(=O)NC(C)(C)C)S(=O)(=O)c2ccc(C)cc2)c1. The molecular formula is C36H40ClN3O5S. The highest BCUT2D eigenvalue weighted by Gasteiger charge is 2.36. The molecule has 0 saturated heterocycles. The summed E-state index contributed by atoms with van der Waals surface area (Å²) in [6.07, 6.45) is 0.197. The van der Waals surface area contributed by atoms with Gasteiger partial charge in [-0.25, -0.2) is 8.42 Å². The number of halogens is 1. The molecule has 8 nitrogen and oxygen atoms in total. The smallest absolute Gasteiger partial charge is 0.264 e. The molecule has 0 aliphatic carbocycles. The molecule has 10 heteroatoms. The standard InChI is InChI=1S/C36H40ClN3O5S/c1-26-18-20-31(21-19-26)46(43,44)40(29-15-11-16-30(23-29)45-5)25-34(41)39(24-28-14-9-10-17-32(28)37)33(35(42)38-36(2,3)4)22-27-12-7-6-8-13-27/h6-21,23,33H,22,24-25H2,1-5H3,(H,38,42)/t33-/m0/s1. The normalized spacial score (nSPS) is 12.2. The Kier molecular flexibility index (Phi) is 11.1. The van der Waals surface area contributed by atoms with Crippen molar-refractivity contribution in [3.63, 3.8) is 0 Å². The monoisotopic (exact) mass is 661 g/mol. The van der Waals surface area contributed by atoms with E-state index in [2.05, 4.69) is 5.32 Å². The molecule has 0 heterocycles. The van der Waals surface area contributed by atoms with E-state index in [1.54, 1.807) is 60.7 Å². The molecule has 0 radical (unpaired) electrons. The van der Waals surface area contributed by atoms with Crippen molar-refractivity contribution >= 4 is 39.1 Å². The number of aryl methyl sites for hydroxylation is 1. The van der Waals surface area contributed by atoms with Crippen LogP contribution < -0.4 is 14.4 Å². The summed E-state index contributed by atoms with van der Waals surface area (Å²) in [5, 5.41) is 3.45. The van der Waals surface area contributed by atoms with E-state index in [1.807, 2.05) is 58.0 Å². The number of hydrogen-bond acceptors (Lipinski definition) is 5. The minimum Gasteiger partial charge on any atom is -0.497 e. The summed E-state index contributed by atoms with van der Waals surface area (Å²) >= 11 is 6.57. The molecule has 0 aromatic heterocycles. The van der Waals surface area contributed by atoms with Crippen molar-refractivity contribution in [1.29, 1.82) is 0 Å². The minimum atomic E-state index is -4.24. The van der Waals surface area contributed by atoms with Crippen LogP contribution in [0.4, 0.5) is 5.69 Å². The van der Waals surface area contributed by atoms with E-state index in [0.29, 0.717) is 16.3 Å². The second kappa shape index (κ2) is 14.8. The van der Waals surface area contributed by atoms with Crippen molar-refractivity contribution in [3.8, 4) is 5.75 Å². The number of ether oxygens (including phenoxy) is 1. The van der Waals surface area contributed by atoms with Crippen LogP contribution >= 0.6 is 11.6 Å². The van der Waals surface area contributed by atoms with Gasteiger partial charge in [-0.05, 0) is 69.2 Å². The summed E-state index contributed by atoms with van der Waals surface area (Å²) in [5.74, 6) is -0.525. The highest BCUT2D eigenvalue weighted by atomic mass is 35.5. The molecule has 4 aromatic rings. The van der Waals surface area contributed by atoms with Gasteiger partial charge in [0.05, 0.1) is 17.7 Å². The third-order valence-electron chi connectivity index (χ3n) is 7.30. The number of amides is 2. The number of carbonyl (C=O) groups is 2. The predicted octanol–water partition coefficient (Wildman–Crippen LogP) is 6.41. The highest BCUT2D eigenvalue weighted by molar-refractivity contribution is 7.92. The summed E-state index contributed by atoms with van der Waals surface area (Å²) in [6, 6.07) is 28.4. The van der Waals surface area contributed by atoms with Gasteiger partial charge in [0.25, 0.3) is 10.0 Å². The lowest BCUT2D eigenvalue weighted by atomic mass is 10.0. The molecule has 242 valence electrons. The van der Waals surface area contributed by atoms with Crippen molar-refractivity contribution in [2.75, 3.05) is 18.0 Å². The number of nitrogens with one attached hydrogen (secondary N) is 1. The maximum absolute atomic E-state index is 14.6. The average Bonchev–Trinajstić information content (AvgIpc) is 3.02. The van der Waals surface area contributed by atoms with Crippen LogP contribution in [0.15, 0.2) is 108 Å². The molecule has 4 rings (SSSR count). The minimum absolute atomic E-state index is 0.0237. The number of rotatable bonds is 12. The summed E-state index contributed by atoms with van der Waals surface area (Å²) in [5.41, 5.74) is 2.00. The fourth-order valence-electron chi connectivity index (χ4n) is 4.95. The van der Waals surface area contributed by atoms with E-state index >= 15 is 0 Å². The Morgan fingerprint density at radius 2 is 1.54 bits per heavy atom. The topological polar surface area (TPSA) is 96.0 Å². The quantitative estimate of drug-likeness (QED) is 0.189. The zero-order valence-corrected chi connectivity index (χ0v) is 28.3. The van der Waals surface area contributed by atoms with E-state index in [-0.39, 0.29) is 29.5 Å². The van der Waals surface area contributed by atoms with Gasteiger partial charge in [-0.1, -0.05) is 83.9 Å². The number of sulfonamides is 1. The van der Waals surface area contributed by atoms with Crippen LogP contribution in [0.3, 0.4) is 0 Å². The van der Waals surface area contributed by atoms with E-state index in [0.717, 1.165) is 15.4 Å². The van der Waals surface area contributed by atoms with Crippen LogP contribution in [0.5, 0.6) is 5.75 Å². The number of hydrogen-bond donors (Lipinski definition) is 1. The van der Waals surface area contributed by atoms with Crippen LogP contribution in [-0.4, -0.2) is 50.4 Å². The molecular weight excluding hydrogens is 622 g/mol. The van der Waals surface area contributed by atoms with Gasteiger partial charge in [0.2, 0.25) is 11.8 Å². The number of carbonyl (C=O) groups excluding carboxylic acids is 2. The first-order chi connectivity index (χ1) is 21.8. The molecule has 0 spiro atoms. The lowest BCUT2D eigenvalue weighted by Gasteiger charge is -2.35. The first kappa shape index (κ1) is 34.5. The summed E-state index contributed by atoms with van der Waals surface area (Å²) < 4.78 is 34.9. The third-order valence-corrected chi connectivity index (χ3v) is 9.45. The fourth-order valence-corrected chi connectivity index (χ4v) is 6.55. The molecule has 0 aliphatic rings.